The molecule has 0 spiro atoms. The number of fused-ring (bicyclic) bond motifs is 1. The second-order valence-electron chi connectivity index (χ2n) is 6.99. The van der Waals surface area contributed by atoms with Crippen LogP contribution in [-0.2, 0) is 9.84 Å². The van der Waals surface area contributed by atoms with Crippen molar-refractivity contribution in [3.63, 3.8) is 0 Å². The highest BCUT2D eigenvalue weighted by Crippen LogP contribution is 2.51. The Labute approximate surface area is 196 Å². The van der Waals surface area contributed by atoms with Crippen LogP contribution < -0.4 is 0 Å². The fraction of sp³-hybridized carbons (Fsp3) is 0. The minimum atomic E-state index is -3.59. The number of hydrogen-bond donors (Lipinski definition) is 0. The zero-order chi connectivity index (χ0) is 21.0. The van der Waals surface area contributed by atoms with E-state index in [2.05, 4.69) is 29.6 Å². The summed E-state index contributed by atoms with van der Waals surface area (Å²) < 4.78 is 27.3. The normalized spacial score (nSPS) is 14.8. The van der Waals surface area contributed by atoms with Crippen molar-refractivity contribution in [1.82, 2.24) is 0 Å². The van der Waals surface area contributed by atoms with Gasteiger partial charge in [0.25, 0.3) is 0 Å². The summed E-state index contributed by atoms with van der Waals surface area (Å²) in [6.07, 6.45) is 0. The zero-order valence-electron chi connectivity index (χ0n) is 15.9. The lowest BCUT2D eigenvalue weighted by Crippen LogP contribution is -1.98. The summed E-state index contributed by atoms with van der Waals surface area (Å²) in [6.45, 7) is 0. The Hall–Kier alpha value is -2.29. The lowest BCUT2D eigenvalue weighted by atomic mass is 10.0. The molecule has 1 aliphatic heterocycles. The Morgan fingerprint density at radius 1 is 0.548 bits per heavy atom. The second-order valence-corrected chi connectivity index (χ2v) is 12.9. The van der Waals surface area contributed by atoms with Gasteiger partial charge in [-0.05, 0) is 53.2 Å². The molecule has 7 heteroatoms. The molecule has 5 aromatic rings. The average molecular weight is 495 g/mol. The van der Waals surface area contributed by atoms with E-state index >= 15 is 0 Å². The van der Waals surface area contributed by atoms with Gasteiger partial charge in [0.05, 0.1) is 9.80 Å². The molecule has 152 valence electrons. The molecular formula is C24H14O2S5. The van der Waals surface area contributed by atoms with Crippen LogP contribution in [0.4, 0.5) is 0 Å². The molecule has 0 N–H and O–H groups in total. The Morgan fingerprint density at radius 2 is 1.13 bits per heavy atom. The Morgan fingerprint density at radius 3 is 1.77 bits per heavy atom. The van der Waals surface area contributed by atoms with Crippen LogP contribution in [-0.4, -0.2) is 8.42 Å². The van der Waals surface area contributed by atoms with Crippen molar-refractivity contribution in [3.05, 3.63) is 98.9 Å². The minimum Gasteiger partial charge on any atom is -0.218 e. The molecule has 2 nitrogen and oxygen atoms in total. The average Bonchev–Trinajstić information content (AvgIpc) is 3.58. The van der Waals surface area contributed by atoms with Gasteiger partial charge in [-0.25, -0.2) is 8.42 Å². The van der Waals surface area contributed by atoms with Gasteiger partial charge in [-0.15, -0.1) is 45.3 Å². The molecule has 31 heavy (non-hydrogen) atoms. The highest BCUT2D eigenvalue weighted by molar-refractivity contribution is 8.01. The summed E-state index contributed by atoms with van der Waals surface area (Å²) in [5, 5.41) is 4.10. The fourth-order valence-electron chi connectivity index (χ4n) is 3.81. The summed E-state index contributed by atoms with van der Waals surface area (Å²) >= 11 is 6.56. The number of thiophene rings is 4. The molecule has 0 amide bonds. The van der Waals surface area contributed by atoms with Crippen molar-refractivity contribution >= 4 is 65.7 Å². The van der Waals surface area contributed by atoms with E-state index in [0.29, 0.717) is 9.80 Å². The molecule has 1 aromatic carbocycles. The van der Waals surface area contributed by atoms with Crippen molar-refractivity contribution in [2.24, 2.45) is 0 Å². The Bertz CT molecular complexity index is 1530. The third kappa shape index (κ3) is 3.11. The topological polar surface area (TPSA) is 34.1 Å². The SMILES string of the molecule is O=S1(=O)C(c2ccc(-c3cccs3)s2)=C(c2ccc(-c3cccs3)s2)c2ccccc21. The van der Waals surface area contributed by atoms with E-state index in [0.717, 1.165) is 35.5 Å². The highest BCUT2D eigenvalue weighted by atomic mass is 32.2. The molecule has 0 saturated heterocycles. The maximum atomic E-state index is 13.7. The summed E-state index contributed by atoms with van der Waals surface area (Å²) in [4.78, 5) is 7.21. The number of benzene rings is 1. The molecular weight excluding hydrogens is 481 g/mol. The maximum absolute atomic E-state index is 13.7. The van der Waals surface area contributed by atoms with Gasteiger partial charge < -0.3 is 0 Å². The smallest absolute Gasteiger partial charge is 0.209 e. The first-order chi connectivity index (χ1) is 15.1. The Balaban J connectivity index is 1.59. The molecule has 0 bridgehead atoms. The van der Waals surface area contributed by atoms with Crippen LogP contribution in [0.15, 0.2) is 88.5 Å². The third-order valence-corrected chi connectivity index (χ3v) is 11.5. The van der Waals surface area contributed by atoms with E-state index in [4.69, 9.17) is 0 Å². The van der Waals surface area contributed by atoms with Gasteiger partial charge in [-0.3, -0.25) is 0 Å². The molecule has 0 unspecified atom stereocenters. The largest absolute Gasteiger partial charge is 0.218 e. The van der Waals surface area contributed by atoms with Gasteiger partial charge >= 0.3 is 0 Å². The van der Waals surface area contributed by atoms with Crippen LogP contribution in [0.3, 0.4) is 0 Å². The molecule has 0 radical (unpaired) electrons. The zero-order valence-corrected chi connectivity index (χ0v) is 20.0. The highest BCUT2D eigenvalue weighted by Gasteiger charge is 2.38. The molecule has 1 aliphatic rings. The van der Waals surface area contributed by atoms with E-state index in [1.165, 1.54) is 4.88 Å². The van der Waals surface area contributed by atoms with Gasteiger partial charge in [0, 0.05) is 40.4 Å². The number of sulfone groups is 1. The first kappa shape index (κ1) is 19.4. The van der Waals surface area contributed by atoms with Crippen molar-refractivity contribution in [3.8, 4) is 19.5 Å². The van der Waals surface area contributed by atoms with Gasteiger partial charge in [0.15, 0.2) is 0 Å². The van der Waals surface area contributed by atoms with Crippen molar-refractivity contribution < 1.29 is 8.42 Å². The van der Waals surface area contributed by atoms with E-state index in [9.17, 15) is 8.42 Å². The quantitative estimate of drug-likeness (QED) is 0.254. The van der Waals surface area contributed by atoms with Gasteiger partial charge in [-0.2, -0.15) is 0 Å². The first-order valence-electron chi connectivity index (χ1n) is 9.50. The summed E-state index contributed by atoms with van der Waals surface area (Å²) in [6, 6.07) is 23.7. The van der Waals surface area contributed by atoms with Gasteiger partial charge in [0.1, 0.15) is 0 Å². The number of hydrogen-bond acceptors (Lipinski definition) is 6. The lowest BCUT2D eigenvalue weighted by molar-refractivity contribution is 0.606. The van der Waals surface area contributed by atoms with Crippen LogP contribution in [0.5, 0.6) is 0 Å². The van der Waals surface area contributed by atoms with Crippen LogP contribution in [0.2, 0.25) is 0 Å². The molecule has 0 saturated carbocycles. The summed E-state index contributed by atoms with van der Waals surface area (Å²) in [5.41, 5.74) is 1.62. The monoisotopic (exact) mass is 494 g/mol. The van der Waals surface area contributed by atoms with Crippen LogP contribution in [0, 0.1) is 0 Å². The number of rotatable bonds is 4. The molecule has 6 rings (SSSR count). The lowest BCUT2D eigenvalue weighted by Gasteiger charge is -2.04. The molecule has 5 heterocycles. The standard InChI is InChI=1S/C24H14O2S5/c25-31(26)22-8-2-1-5-15(22)23(20-11-9-18(29-20)16-6-3-13-27-16)24(31)21-12-10-19(30-21)17-7-4-14-28-17/h1-14H. The maximum Gasteiger partial charge on any atom is 0.209 e. The van der Waals surface area contributed by atoms with Crippen molar-refractivity contribution in [2.45, 2.75) is 4.90 Å². The Kier molecular flexibility index (Phi) is 4.63. The third-order valence-electron chi connectivity index (χ3n) is 5.15. The van der Waals surface area contributed by atoms with E-state index in [1.807, 2.05) is 41.8 Å². The van der Waals surface area contributed by atoms with Crippen LogP contribution >= 0.6 is 45.3 Å². The molecule has 0 aliphatic carbocycles. The minimum absolute atomic E-state index is 0.400. The van der Waals surface area contributed by atoms with Gasteiger partial charge in [0.2, 0.25) is 9.84 Å². The molecule has 4 aromatic heterocycles. The van der Waals surface area contributed by atoms with E-state index in [-0.39, 0.29) is 0 Å². The summed E-state index contributed by atoms with van der Waals surface area (Å²) in [7, 11) is -3.59. The molecule has 0 atom stereocenters. The molecule has 0 fully saturated rings. The van der Waals surface area contributed by atoms with Crippen LogP contribution in [0.25, 0.3) is 30.0 Å². The van der Waals surface area contributed by atoms with E-state index < -0.39 is 9.84 Å². The fourth-order valence-corrected chi connectivity index (χ4v) is 9.78. The van der Waals surface area contributed by atoms with Gasteiger partial charge in [-0.1, -0.05) is 30.3 Å². The summed E-state index contributed by atoms with van der Waals surface area (Å²) in [5.74, 6) is 0. The first-order valence-corrected chi connectivity index (χ1v) is 14.4. The van der Waals surface area contributed by atoms with Crippen LogP contribution in [0.1, 0.15) is 15.3 Å². The van der Waals surface area contributed by atoms with E-state index in [1.54, 1.807) is 57.5 Å². The second kappa shape index (κ2) is 7.39. The van der Waals surface area contributed by atoms with Crippen molar-refractivity contribution in [2.75, 3.05) is 0 Å². The van der Waals surface area contributed by atoms with Crippen molar-refractivity contribution in [1.29, 1.82) is 0 Å². The predicted molar refractivity (Wildman–Crippen MR) is 135 cm³/mol. The predicted octanol–water partition coefficient (Wildman–Crippen LogP) is 7.97.